The third-order valence-corrected chi connectivity index (χ3v) is 3.39. The number of para-hydroxylation sites is 1. The molecule has 0 aliphatic heterocycles. The minimum Gasteiger partial charge on any atom is -0.378 e. The average molecular weight is 260 g/mol. The van der Waals surface area contributed by atoms with Gasteiger partial charge in [-0.15, -0.1) is 0 Å². The first-order valence-electron chi connectivity index (χ1n) is 6.30. The predicted molar refractivity (Wildman–Crippen MR) is 79.3 cm³/mol. The van der Waals surface area contributed by atoms with Crippen LogP contribution in [0, 0.1) is 0 Å². The quantitative estimate of drug-likeness (QED) is 0.808. The van der Waals surface area contributed by atoms with Gasteiger partial charge in [0.1, 0.15) is 0 Å². The highest BCUT2D eigenvalue weighted by atomic mass is 35.5. The van der Waals surface area contributed by atoms with Gasteiger partial charge < -0.3 is 5.32 Å². The van der Waals surface area contributed by atoms with Gasteiger partial charge in [0.2, 0.25) is 0 Å². The summed E-state index contributed by atoms with van der Waals surface area (Å²) in [5.74, 6) is 0. The van der Waals surface area contributed by atoms with Crippen LogP contribution in [0.4, 0.5) is 5.69 Å². The lowest BCUT2D eigenvalue weighted by atomic mass is 10.1. The van der Waals surface area contributed by atoms with Crippen LogP contribution in [0.1, 0.15) is 31.0 Å². The van der Waals surface area contributed by atoms with Crippen molar-refractivity contribution in [1.29, 1.82) is 0 Å². The van der Waals surface area contributed by atoms with Gasteiger partial charge in [-0.05, 0) is 42.7 Å². The van der Waals surface area contributed by atoms with Crippen LogP contribution >= 0.6 is 11.6 Å². The number of nitrogens with one attached hydrogen (secondary N) is 1. The molecule has 1 N–H and O–H groups in total. The molecule has 0 saturated carbocycles. The summed E-state index contributed by atoms with van der Waals surface area (Å²) in [7, 11) is 0. The summed E-state index contributed by atoms with van der Waals surface area (Å²) in [6.07, 6.45) is 1.04. The Balaban J connectivity index is 2.15. The Morgan fingerprint density at radius 2 is 1.72 bits per heavy atom. The molecule has 2 aromatic carbocycles. The summed E-state index contributed by atoms with van der Waals surface area (Å²) in [6.45, 7) is 4.34. The van der Waals surface area contributed by atoms with Crippen LogP contribution in [0.15, 0.2) is 48.5 Å². The molecule has 0 saturated heterocycles. The Labute approximate surface area is 114 Å². The molecule has 2 aromatic rings. The third kappa shape index (κ3) is 3.05. The molecule has 0 fully saturated rings. The van der Waals surface area contributed by atoms with Gasteiger partial charge in [-0.25, -0.2) is 0 Å². The Hall–Kier alpha value is -1.47. The summed E-state index contributed by atoms with van der Waals surface area (Å²) in [6, 6.07) is 16.7. The van der Waals surface area contributed by atoms with Crippen molar-refractivity contribution < 1.29 is 0 Å². The number of hydrogen-bond acceptors (Lipinski definition) is 1. The SMILES string of the molecule is CCc1ccccc1NC(C)c1ccc(Cl)cc1. The smallest absolute Gasteiger partial charge is 0.0485 e. The molecule has 0 aromatic heterocycles. The highest BCUT2D eigenvalue weighted by molar-refractivity contribution is 6.30. The van der Waals surface area contributed by atoms with E-state index in [1.54, 1.807) is 0 Å². The number of benzene rings is 2. The maximum Gasteiger partial charge on any atom is 0.0485 e. The fourth-order valence-corrected chi connectivity index (χ4v) is 2.16. The van der Waals surface area contributed by atoms with Crippen LogP contribution < -0.4 is 5.32 Å². The topological polar surface area (TPSA) is 12.0 Å². The lowest BCUT2D eigenvalue weighted by Crippen LogP contribution is -2.08. The number of rotatable bonds is 4. The van der Waals surface area contributed by atoms with Crippen molar-refractivity contribution in [3.05, 3.63) is 64.7 Å². The van der Waals surface area contributed by atoms with E-state index >= 15 is 0 Å². The maximum atomic E-state index is 5.90. The summed E-state index contributed by atoms with van der Waals surface area (Å²) in [5, 5.41) is 4.33. The van der Waals surface area contributed by atoms with Crippen LogP contribution in [0.2, 0.25) is 5.02 Å². The van der Waals surface area contributed by atoms with Gasteiger partial charge >= 0.3 is 0 Å². The molecule has 18 heavy (non-hydrogen) atoms. The summed E-state index contributed by atoms with van der Waals surface area (Å²) in [5.41, 5.74) is 3.80. The van der Waals surface area contributed by atoms with Crippen LogP contribution in [-0.2, 0) is 6.42 Å². The second kappa shape index (κ2) is 5.92. The van der Waals surface area contributed by atoms with Crippen molar-refractivity contribution in [3.63, 3.8) is 0 Å². The Kier molecular flexibility index (Phi) is 4.27. The molecule has 0 bridgehead atoms. The Bertz CT molecular complexity index is 505. The maximum absolute atomic E-state index is 5.90. The third-order valence-electron chi connectivity index (χ3n) is 3.14. The first-order valence-corrected chi connectivity index (χ1v) is 6.68. The molecule has 1 unspecified atom stereocenters. The minimum absolute atomic E-state index is 0.273. The first kappa shape index (κ1) is 13.0. The zero-order valence-electron chi connectivity index (χ0n) is 10.8. The molecule has 2 rings (SSSR count). The molecule has 0 heterocycles. The molecule has 0 aliphatic rings. The molecular formula is C16H18ClN. The van der Waals surface area contributed by atoms with Crippen molar-refractivity contribution in [2.45, 2.75) is 26.3 Å². The van der Waals surface area contributed by atoms with Gasteiger partial charge in [-0.3, -0.25) is 0 Å². The van der Waals surface area contributed by atoms with Crippen molar-refractivity contribution >= 4 is 17.3 Å². The van der Waals surface area contributed by atoms with Gasteiger partial charge in [0.05, 0.1) is 0 Å². The first-order chi connectivity index (χ1) is 8.70. The van der Waals surface area contributed by atoms with Crippen LogP contribution in [0.5, 0.6) is 0 Å². The van der Waals surface area contributed by atoms with Gasteiger partial charge in [0.15, 0.2) is 0 Å². The van der Waals surface area contributed by atoms with E-state index in [1.807, 2.05) is 12.1 Å². The molecule has 0 amide bonds. The summed E-state index contributed by atoms with van der Waals surface area (Å²) < 4.78 is 0. The molecule has 2 heteroatoms. The van der Waals surface area contributed by atoms with E-state index in [4.69, 9.17) is 11.6 Å². The van der Waals surface area contributed by atoms with Crippen LogP contribution in [0.3, 0.4) is 0 Å². The monoisotopic (exact) mass is 259 g/mol. The van der Waals surface area contributed by atoms with Crippen LogP contribution in [0.25, 0.3) is 0 Å². The second-order valence-electron chi connectivity index (χ2n) is 4.43. The lowest BCUT2D eigenvalue weighted by Gasteiger charge is -2.18. The number of aryl methyl sites for hydroxylation is 1. The van der Waals surface area contributed by atoms with E-state index in [-0.39, 0.29) is 6.04 Å². The van der Waals surface area contributed by atoms with Crippen LogP contribution in [-0.4, -0.2) is 0 Å². The van der Waals surface area contributed by atoms with Gasteiger partial charge in [-0.1, -0.05) is 48.9 Å². The van der Waals surface area contributed by atoms with Gasteiger partial charge in [0.25, 0.3) is 0 Å². The summed E-state index contributed by atoms with van der Waals surface area (Å²) >= 11 is 5.90. The van der Waals surface area contributed by atoms with E-state index in [9.17, 15) is 0 Å². The normalized spacial score (nSPS) is 12.2. The molecule has 0 radical (unpaired) electrons. The standard InChI is InChI=1S/C16H18ClN/c1-3-13-6-4-5-7-16(13)18-12(2)14-8-10-15(17)11-9-14/h4-12,18H,3H2,1-2H3. The molecule has 1 atom stereocenters. The summed E-state index contributed by atoms with van der Waals surface area (Å²) in [4.78, 5) is 0. The van der Waals surface area contributed by atoms with Crippen molar-refractivity contribution in [2.24, 2.45) is 0 Å². The van der Waals surface area contributed by atoms with Gasteiger partial charge in [0, 0.05) is 16.8 Å². The fraction of sp³-hybridized carbons (Fsp3) is 0.250. The Morgan fingerprint density at radius 3 is 2.39 bits per heavy atom. The average Bonchev–Trinajstić information content (AvgIpc) is 2.40. The van der Waals surface area contributed by atoms with Gasteiger partial charge in [-0.2, -0.15) is 0 Å². The van der Waals surface area contributed by atoms with Crippen molar-refractivity contribution in [1.82, 2.24) is 0 Å². The van der Waals surface area contributed by atoms with E-state index in [2.05, 4.69) is 55.6 Å². The highest BCUT2D eigenvalue weighted by Crippen LogP contribution is 2.23. The molecule has 0 aliphatic carbocycles. The van der Waals surface area contributed by atoms with E-state index in [1.165, 1.54) is 16.8 Å². The number of hydrogen-bond donors (Lipinski definition) is 1. The number of halogens is 1. The fourth-order valence-electron chi connectivity index (χ4n) is 2.04. The second-order valence-corrected chi connectivity index (χ2v) is 4.86. The van der Waals surface area contributed by atoms with Crippen molar-refractivity contribution in [2.75, 3.05) is 5.32 Å². The van der Waals surface area contributed by atoms with Crippen molar-refractivity contribution in [3.8, 4) is 0 Å². The molecule has 1 nitrogen and oxygen atoms in total. The predicted octanol–water partition coefficient (Wildman–Crippen LogP) is 5.08. The largest absolute Gasteiger partial charge is 0.378 e. The zero-order chi connectivity index (χ0) is 13.0. The lowest BCUT2D eigenvalue weighted by molar-refractivity contribution is 0.879. The van der Waals surface area contributed by atoms with E-state index in [0.29, 0.717) is 0 Å². The number of anilines is 1. The Morgan fingerprint density at radius 1 is 1.06 bits per heavy atom. The van der Waals surface area contributed by atoms with E-state index < -0.39 is 0 Å². The van der Waals surface area contributed by atoms with E-state index in [0.717, 1.165) is 11.4 Å². The minimum atomic E-state index is 0.273. The highest BCUT2D eigenvalue weighted by Gasteiger charge is 2.07. The molecule has 94 valence electrons. The molecule has 0 spiro atoms. The zero-order valence-corrected chi connectivity index (χ0v) is 11.5. The molecular weight excluding hydrogens is 242 g/mol.